The van der Waals surface area contributed by atoms with Gasteiger partial charge in [-0.15, -0.1) is 0 Å². The van der Waals surface area contributed by atoms with Crippen LogP contribution in [0.3, 0.4) is 0 Å². The molecule has 0 aliphatic heterocycles. The van der Waals surface area contributed by atoms with Gasteiger partial charge in [0.05, 0.1) is 11.9 Å². The quantitative estimate of drug-likeness (QED) is 0.894. The zero-order valence-electron chi connectivity index (χ0n) is 11.1. The van der Waals surface area contributed by atoms with Crippen LogP contribution in [0.15, 0.2) is 30.5 Å². The second-order valence-corrected chi connectivity index (χ2v) is 5.02. The molecule has 19 heavy (non-hydrogen) atoms. The lowest BCUT2D eigenvalue weighted by Crippen LogP contribution is -2.16. The van der Waals surface area contributed by atoms with E-state index in [0.717, 1.165) is 24.3 Å². The van der Waals surface area contributed by atoms with E-state index in [1.165, 1.54) is 30.5 Å². The molecule has 0 spiro atoms. The van der Waals surface area contributed by atoms with Crippen LogP contribution in [0, 0.1) is 5.82 Å². The van der Waals surface area contributed by atoms with Gasteiger partial charge in [0.25, 0.3) is 0 Å². The highest BCUT2D eigenvalue weighted by molar-refractivity contribution is 5.35. The molecule has 2 aromatic rings. The Balaban J connectivity index is 1.88. The van der Waals surface area contributed by atoms with Gasteiger partial charge in [0.2, 0.25) is 0 Å². The van der Waals surface area contributed by atoms with E-state index in [2.05, 4.69) is 17.3 Å². The molecule has 0 unspecified atom stereocenters. The van der Waals surface area contributed by atoms with Crippen LogP contribution in [0.25, 0.3) is 5.69 Å². The number of halogens is 1. The normalized spacial score (nSPS) is 14.8. The molecule has 1 heterocycles. The second kappa shape index (κ2) is 5.13. The van der Waals surface area contributed by atoms with Crippen molar-refractivity contribution in [2.24, 2.45) is 0 Å². The predicted octanol–water partition coefficient (Wildman–Crippen LogP) is 2.83. The third kappa shape index (κ3) is 2.68. The van der Waals surface area contributed by atoms with E-state index in [1.54, 1.807) is 6.07 Å². The van der Waals surface area contributed by atoms with Gasteiger partial charge in [-0.1, -0.05) is 13.0 Å². The fourth-order valence-corrected chi connectivity index (χ4v) is 2.30. The minimum atomic E-state index is -0.229. The summed E-state index contributed by atoms with van der Waals surface area (Å²) < 4.78 is 15.1. The molecule has 100 valence electrons. The van der Waals surface area contributed by atoms with Gasteiger partial charge >= 0.3 is 0 Å². The van der Waals surface area contributed by atoms with Crippen LogP contribution in [0.4, 0.5) is 4.39 Å². The summed E-state index contributed by atoms with van der Waals surface area (Å²) in [4.78, 5) is 0. The van der Waals surface area contributed by atoms with E-state index in [-0.39, 0.29) is 5.82 Å². The molecule has 1 aliphatic rings. The Morgan fingerprint density at radius 3 is 2.95 bits per heavy atom. The monoisotopic (exact) mass is 259 g/mol. The van der Waals surface area contributed by atoms with Crippen molar-refractivity contribution in [3.05, 3.63) is 47.5 Å². The molecule has 3 rings (SSSR count). The third-order valence-corrected chi connectivity index (χ3v) is 3.50. The van der Waals surface area contributed by atoms with E-state index in [0.29, 0.717) is 6.04 Å². The van der Waals surface area contributed by atoms with Crippen LogP contribution < -0.4 is 5.32 Å². The van der Waals surface area contributed by atoms with Gasteiger partial charge in [-0.25, -0.2) is 9.07 Å². The second-order valence-electron chi connectivity index (χ2n) is 5.02. The van der Waals surface area contributed by atoms with Gasteiger partial charge in [0.15, 0.2) is 0 Å². The molecule has 1 aromatic heterocycles. The van der Waals surface area contributed by atoms with Gasteiger partial charge < -0.3 is 5.32 Å². The summed E-state index contributed by atoms with van der Waals surface area (Å²) in [5, 5.41) is 7.90. The molecule has 0 radical (unpaired) electrons. The lowest BCUT2D eigenvalue weighted by Gasteiger charge is -2.08. The number of hydrogen-bond acceptors (Lipinski definition) is 2. The van der Waals surface area contributed by atoms with Gasteiger partial charge in [-0.3, -0.25) is 0 Å². The topological polar surface area (TPSA) is 29.9 Å². The fourth-order valence-electron chi connectivity index (χ4n) is 2.30. The lowest BCUT2D eigenvalue weighted by molar-refractivity contribution is 0.624. The van der Waals surface area contributed by atoms with E-state index in [9.17, 15) is 4.39 Å². The number of benzene rings is 1. The minimum absolute atomic E-state index is 0.229. The van der Waals surface area contributed by atoms with Crippen molar-refractivity contribution >= 4 is 0 Å². The highest BCUT2D eigenvalue weighted by Gasteiger charge is 2.21. The Morgan fingerprint density at radius 1 is 1.42 bits per heavy atom. The van der Waals surface area contributed by atoms with Crippen LogP contribution in [0.2, 0.25) is 0 Å². The number of rotatable bonds is 5. The van der Waals surface area contributed by atoms with Crippen molar-refractivity contribution in [3.63, 3.8) is 0 Å². The van der Waals surface area contributed by atoms with Crippen molar-refractivity contribution in [3.8, 4) is 5.69 Å². The lowest BCUT2D eigenvalue weighted by atomic mass is 10.2. The standard InChI is InChI=1S/C15H18FN3/c1-2-15-11(9-17-13-6-7-13)10-18-19(15)14-5-3-4-12(16)8-14/h3-5,8,10,13,17H,2,6-7,9H2,1H3. The summed E-state index contributed by atoms with van der Waals surface area (Å²) in [6.45, 7) is 2.95. The van der Waals surface area contributed by atoms with E-state index >= 15 is 0 Å². The first-order valence-corrected chi connectivity index (χ1v) is 6.83. The van der Waals surface area contributed by atoms with Crippen LogP contribution in [0.5, 0.6) is 0 Å². The number of hydrogen-bond donors (Lipinski definition) is 1. The van der Waals surface area contributed by atoms with Crippen LogP contribution >= 0.6 is 0 Å². The fraction of sp³-hybridized carbons (Fsp3) is 0.400. The molecule has 1 aromatic carbocycles. The summed E-state index contributed by atoms with van der Waals surface area (Å²) in [6.07, 6.45) is 5.33. The Bertz CT molecular complexity index is 573. The van der Waals surface area contributed by atoms with Crippen molar-refractivity contribution in [2.45, 2.75) is 38.8 Å². The Morgan fingerprint density at radius 2 is 2.26 bits per heavy atom. The molecule has 0 bridgehead atoms. The van der Waals surface area contributed by atoms with Gasteiger partial charge in [0, 0.05) is 23.8 Å². The molecule has 1 aliphatic carbocycles. The molecule has 1 fully saturated rings. The molecular weight excluding hydrogens is 241 g/mol. The minimum Gasteiger partial charge on any atom is -0.310 e. The Labute approximate surface area is 112 Å². The molecular formula is C15H18FN3. The zero-order chi connectivity index (χ0) is 13.2. The van der Waals surface area contributed by atoms with Crippen molar-refractivity contribution in [2.75, 3.05) is 0 Å². The Kier molecular flexibility index (Phi) is 3.34. The molecule has 4 heteroatoms. The number of nitrogens with one attached hydrogen (secondary N) is 1. The highest BCUT2D eigenvalue weighted by Crippen LogP contribution is 2.21. The van der Waals surface area contributed by atoms with Crippen LogP contribution in [0.1, 0.15) is 31.0 Å². The predicted molar refractivity (Wildman–Crippen MR) is 72.8 cm³/mol. The maximum absolute atomic E-state index is 13.3. The first-order valence-electron chi connectivity index (χ1n) is 6.83. The molecule has 1 saturated carbocycles. The molecule has 0 saturated heterocycles. The van der Waals surface area contributed by atoms with Gasteiger partial charge in [-0.2, -0.15) is 5.10 Å². The van der Waals surface area contributed by atoms with Crippen molar-refractivity contribution in [1.29, 1.82) is 0 Å². The summed E-state index contributed by atoms with van der Waals surface area (Å²) >= 11 is 0. The third-order valence-electron chi connectivity index (χ3n) is 3.50. The first-order chi connectivity index (χ1) is 9.28. The summed E-state index contributed by atoms with van der Waals surface area (Å²) in [6, 6.07) is 7.25. The van der Waals surface area contributed by atoms with E-state index in [4.69, 9.17) is 0 Å². The van der Waals surface area contributed by atoms with E-state index < -0.39 is 0 Å². The molecule has 3 nitrogen and oxygen atoms in total. The highest BCUT2D eigenvalue weighted by atomic mass is 19.1. The van der Waals surface area contributed by atoms with Crippen molar-refractivity contribution < 1.29 is 4.39 Å². The van der Waals surface area contributed by atoms with E-state index in [1.807, 2.05) is 16.9 Å². The largest absolute Gasteiger partial charge is 0.310 e. The number of aromatic nitrogens is 2. The average Bonchev–Trinajstić information content (AvgIpc) is 3.15. The SMILES string of the molecule is CCc1c(CNC2CC2)cnn1-c1cccc(F)c1. The van der Waals surface area contributed by atoms with Crippen molar-refractivity contribution in [1.82, 2.24) is 15.1 Å². The first kappa shape index (κ1) is 12.4. The average molecular weight is 259 g/mol. The summed E-state index contributed by atoms with van der Waals surface area (Å²) in [7, 11) is 0. The maximum atomic E-state index is 13.3. The Hall–Kier alpha value is -1.68. The number of nitrogens with zero attached hydrogens (tertiary/aromatic N) is 2. The van der Waals surface area contributed by atoms with Gasteiger partial charge in [-0.05, 0) is 37.5 Å². The van der Waals surface area contributed by atoms with Crippen LogP contribution in [-0.4, -0.2) is 15.8 Å². The zero-order valence-corrected chi connectivity index (χ0v) is 11.1. The summed E-state index contributed by atoms with van der Waals surface area (Å²) in [5.41, 5.74) is 3.15. The molecule has 0 amide bonds. The van der Waals surface area contributed by atoms with Gasteiger partial charge in [0.1, 0.15) is 5.82 Å². The summed E-state index contributed by atoms with van der Waals surface area (Å²) in [5.74, 6) is -0.229. The van der Waals surface area contributed by atoms with Crippen LogP contribution in [-0.2, 0) is 13.0 Å². The smallest absolute Gasteiger partial charge is 0.125 e. The maximum Gasteiger partial charge on any atom is 0.125 e. The molecule has 0 atom stereocenters. The molecule has 1 N–H and O–H groups in total.